The molecule has 0 aromatic heterocycles. The number of nitrogens with zero attached hydrogens (tertiary/aromatic N) is 2. The molecule has 0 unspecified atom stereocenters. The number of hydrogen-bond acceptors (Lipinski definition) is 6. The number of rotatable bonds is 10. The summed E-state index contributed by atoms with van der Waals surface area (Å²) in [6.45, 7) is 6.50. The number of nitrogens with one attached hydrogen (secondary N) is 1. The summed E-state index contributed by atoms with van der Waals surface area (Å²) in [5.41, 5.74) is 1.52. The number of benzene rings is 2. The van der Waals surface area contributed by atoms with Gasteiger partial charge in [0, 0.05) is 26.3 Å². The van der Waals surface area contributed by atoms with Gasteiger partial charge in [0.15, 0.2) is 0 Å². The average molecular weight is 496 g/mol. The van der Waals surface area contributed by atoms with E-state index in [1.165, 1.54) is 45.5 Å². The fourth-order valence-electron chi connectivity index (χ4n) is 3.03. The Morgan fingerprint density at radius 1 is 1.03 bits per heavy atom. The molecule has 180 valence electrons. The highest BCUT2D eigenvalue weighted by atomic mass is 32.2. The van der Waals surface area contributed by atoms with Gasteiger partial charge >= 0.3 is 0 Å². The Labute approximate surface area is 195 Å². The van der Waals surface area contributed by atoms with E-state index in [2.05, 4.69) is 11.9 Å². The van der Waals surface area contributed by atoms with Crippen molar-refractivity contribution in [1.82, 2.24) is 8.61 Å². The molecule has 1 N–H and O–H groups in total. The van der Waals surface area contributed by atoms with Crippen LogP contribution in [0.5, 0.6) is 5.75 Å². The molecule has 2 aromatic carbocycles. The lowest BCUT2D eigenvalue weighted by Gasteiger charge is -2.22. The van der Waals surface area contributed by atoms with Crippen molar-refractivity contribution in [2.45, 2.75) is 23.6 Å². The van der Waals surface area contributed by atoms with Crippen molar-refractivity contribution < 1.29 is 26.4 Å². The molecule has 0 aliphatic carbocycles. The molecule has 11 heteroatoms. The zero-order chi connectivity index (χ0) is 25.0. The summed E-state index contributed by atoms with van der Waals surface area (Å²) < 4.78 is 58.8. The smallest absolute Gasteiger partial charge is 0.246 e. The Bertz CT molecular complexity index is 1250. The second-order valence-electron chi connectivity index (χ2n) is 7.56. The van der Waals surface area contributed by atoms with Crippen molar-refractivity contribution in [3.8, 4) is 5.75 Å². The highest BCUT2D eigenvalue weighted by molar-refractivity contribution is 7.89. The molecule has 0 radical (unpaired) electrons. The molecule has 1 amide bonds. The highest BCUT2D eigenvalue weighted by Gasteiger charge is 2.28. The third kappa shape index (κ3) is 5.99. The maximum Gasteiger partial charge on any atom is 0.246 e. The SMILES string of the molecule is C=CCN(CC(=O)Nc1ccc(OC)c(S(=O)(=O)N(C)C)c1)S(=O)(=O)c1cc(C)ccc1C. The molecule has 2 aromatic rings. The molecule has 0 fully saturated rings. The van der Waals surface area contributed by atoms with Gasteiger partial charge in [-0.3, -0.25) is 4.79 Å². The van der Waals surface area contributed by atoms with Crippen molar-refractivity contribution in [3.05, 3.63) is 60.2 Å². The number of ether oxygens (including phenoxy) is 1. The molecular formula is C22H29N3O6S2. The quantitative estimate of drug-likeness (QED) is 0.507. The lowest BCUT2D eigenvalue weighted by molar-refractivity contribution is -0.116. The normalized spacial score (nSPS) is 12.1. The molecular weight excluding hydrogens is 466 g/mol. The van der Waals surface area contributed by atoms with Crippen LogP contribution in [0.4, 0.5) is 5.69 Å². The summed E-state index contributed by atoms with van der Waals surface area (Å²) in [5, 5.41) is 2.57. The number of amides is 1. The Balaban J connectivity index is 2.34. The van der Waals surface area contributed by atoms with Crippen LogP contribution in [0.1, 0.15) is 11.1 Å². The third-order valence-corrected chi connectivity index (χ3v) is 8.61. The van der Waals surface area contributed by atoms with Crippen molar-refractivity contribution in [1.29, 1.82) is 0 Å². The van der Waals surface area contributed by atoms with Gasteiger partial charge < -0.3 is 10.1 Å². The lowest BCUT2D eigenvalue weighted by Crippen LogP contribution is -2.38. The zero-order valence-electron chi connectivity index (χ0n) is 19.3. The van der Waals surface area contributed by atoms with E-state index >= 15 is 0 Å². The Morgan fingerprint density at radius 3 is 2.27 bits per heavy atom. The fourth-order valence-corrected chi connectivity index (χ4v) is 5.78. The van der Waals surface area contributed by atoms with Crippen molar-refractivity contribution in [2.75, 3.05) is 39.6 Å². The van der Waals surface area contributed by atoms with Crippen molar-refractivity contribution >= 4 is 31.6 Å². The minimum Gasteiger partial charge on any atom is -0.495 e. The lowest BCUT2D eigenvalue weighted by atomic mass is 10.2. The molecule has 0 heterocycles. The zero-order valence-corrected chi connectivity index (χ0v) is 21.0. The van der Waals surface area contributed by atoms with E-state index in [0.29, 0.717) is 5.56 Å². The molecule has 0 saturated carbocycles. The van der Waals surface area contributed by atoms with E-state index in [0.717, 1.165) is 14.2 Å². The van der Waals surface area contributed by atoms with Crippen LogP contribution in [-0.4, -0.2) is 65.6 Å². The Morgan fingerprint density at radius 2 is 1.70 bits per heavy atom. The Kier molecular flexibility index (Phi) is 8.41. The topological polar surface area (TPSA) is 113 Å². The number of sulfonamides is 2. The minimum absolute atomic E-state index is 0.0774. The molecule has 9 nitrogen and oxygen atoms in total. The molecule has 0 saturated heterocycles. The van der Waals surface area contributed by atoms with Crippen LogP contribution in [0.25, 0.3) is 0 Å². The molecule has 0 aliphatic rings. The van der Waals surface area contributed by atoms with Crippen LogP contribution in [0.2, 0.25) is 0 Å². The van der Waals surface area contributed by atoms with Crippen LogP contribution < -0.4 is 10.1 Å². The van der Waals surface area contributed by atoms with E-state index in [-0.39, 0.29) is 27.8 Å². The van der Waals surface area contributed by atoms with Crippen LogP contribution in [0.3, 0.4) is 0 Å². The van der Waals surface area contributed by atoms with Gasteiger partial charge in [-0.25, -0.2) is 21.1 Å². The van der Waals surface area contributed by atoms with Crippen molar-refractivity contribution in [3.63, 3.8) is 0 Å². The van der Waals surface area contributed by atoms with Gasteiger partial charge in [-0.2, -0.15) is 4.31 Å². The second kappa shape index (κ2) is 10.5. The number of aryl methyl sites for hydroxylation is 2. The molecule has 0 spiro atoms. The molecule has 0 aliphatic heterocycles. The summed E-state index contributed by atoms with van der Waals surface area (Å²) >= 11 is 0. The summed E-state index contributed by atoms with van der Waals surface area (Å²) in [6.07, 6.45) is 1.39. The number of anilines is 1. The van der Waals surface area contributed by atoms with Gasteiger partial charge in [0.2, 0.25) is 26.0 Å². The first-order valence-corrected chi connectivity index (χ1v) is 12.8. The maximum atomic E-state index is 13.2. The predicted molar refractivity (Wildman–Crippen MR) is 127 cm³/mol. The first kappa shape index (κ1) is 26.5. The van der Waals surface area contributed by atoms with Gasteiger partial charge in [-0.05, 0) is 49.2 Å². The van der Waals surface area contributed by atoms with E-state index in [9.17, 15) is 21.6 Å². The van der Waals surface area contributed by atoms with Gasteiger partial charge in [-0.1, -0.05) is 18.2 Å². The maximum absolute atomic E-state index is 13.2. The van der Waals surface area contributed by atoms with Gasteiger partial charge in [0.1, 0.15) is 10.6 Å². The molecule has 0 atom stereocenters. The first-order chi connectivity index (χ1) is 15.3. The van der Waals surface area contributed by atoms with Crippen LogP contribution >= 0.6 is 0 Å². The highest BCUT2D eigenvalue weighted by Crippen LogP contribution is 2.29. The third-order valence-electron chi connectivity index (χ3n) is 4.82. The fraction of sp³-hybridized carbons (Fsp3) is 0.318. The number of carbonyl (C=O) groups is 1. The van der Waals surface area contributed by atoms with Gasteiger partial charge in [0.25, 0.3) is 0 Å². The van der Waals surface area contributed by atoms with E-state index in [1.807, 2.05) is 6.07 Å². The van der Waals surface area contributed by atoms with Gasteiger partial charge in [-0.15, -0.1) is 6.58 Å². The summed E-state index contributed by atoms with van der Waals surface area (Å²) in [4.78, 5) is 12.7. The van der Waals surface area contributed by atoms with Crippen LogP contribution in [0, 0.1) is 13.8 Å². The number of carbonyl (C=O) groups excluding carboxylic acids is 1. The summed E-state index contributed by atoms with van der Waals surface area (Å²) in [7, 11) is -3.72. The molecule has 33 heavy (non-hydrogen) atoms. The van der Waals surface area contributed by atoms with E-state index < -0.39 is 32.5 Å². The monoisotopic (exact) mass is 495 g/mol. The molecule has 0 bridgehead atoms. The first-order valence-electron chi connectivity index (χ1n) is 9.93. The van der Waals surface area contributed by atoms with Gasteiger partial charge in [0.05, 0.1) is 18.6 Å². The number of hydrogen-bond donors (Lipinski definition) is 1. The van der Waals surface area contributed by atoms with Crippen LogP contribution in [-0.2, 0) is 24.8 Å². The second-order valence-corrected chi connectivity index (χ2v) is 11.6. The molecule has 2 rings (SSSR count). The predicted octanol–water partition coefficient (Wildman–Crippen LogP) is 2.38. The van der Waals surface area contributed by atoms with Crippen molar-refractivity contribution in [2.24, 2.45) is 0 Å². The average Bonchev–Trinajstić information content (AvgIpc) is 2.74. The van der Waals surface area contributed by atoms with Crippen LogP contribution in [0.15, 0.2) is 58.8 Å². The largest absolute Gasteiger partial charge is 0.495 e. The van der Waals surface area contributed by atoms with E-state index in [4.69, 9.17) is 4.74 Å². The summed E-state index contributed by atoms with van der Waals surface area (Å²) in [5.74, 6) is -0.517. The number of methoxy groups -OCH3 is 1. The standard InChI is InChI=1S/C22H29N3O6S2/c1-7-12-25(33(29,30)20-13-16(2)8-9-17(20)3)15-22(26)23-18-10-11-19(31-6)21(14-18)32(27,28)24(4)5/h7-11,13-14H,1,12,15H2,2-6H3,(H,23,26). The van der Waals surface area contributed by atoms with E-state index in [1.54, 1.807) is 26.0 Å². The Hall–Kier alpha value is -2.73. The summed E-state index contributed by atoms with van der Waals surface area (Å²) in [6, 6.07) is 9.23. The minimum atomic E-state index is -3.98.